The Morgan fingerprint density at radius 3 is 1.94 bits per heavy atom. The lowest BCUT2D eigenvalue weighted by atomic mass is 9.94. The number of ether oxygens (including phenoxy) is 1. The van der Waals surface area contributed by atoms with Crippen molar-refractivity contribution < 1.29 is 4.74 Å². The molecule has 2 atom stereocenters. The zero-order valence-electron chi connectivity index (χ0n) is 11.7. The molecule has 0 spiro atoms. The van der Waals surface area contributed by atoms with Crippen molar-refractivity contribution in [3.63, 3.8) is 0 Å². The average Bonchev–Trinajstić information content (AvgIpc) is 2.10. The van der Waals surface area contributed by atoms with Crippen molar-refractivity contribution in [1.29, 1.82) is 0 Å². The molecule has 2 unspecified atom stereocenters. The van der Waals surface area contributed by atoms with Crippen LogP contribution in [0.1, 0.15) is 41.5 Å². The Morgan fingerprint density at radius 1 is 1.12 bits per heavy atom. The Morgan fingerprint density at radius 2 is 1.56 bits per heavy atom. The van der Waals surface area contributed by atoms with Crippen LogP contribution in [0.3, 0.4) is 0 Å². The molecule has 0 radical (unpaired) electrons. The van der Waals surface area contributed by atoms with Gasteiger partial charge < -0.3 is 10.5 Å². The largest absolute Gasteiger partial charge is 0.367 e. The highest BCUT2D eigenvalue weighted by atomic mass is 16.5. The maximum atomic E-state index is 6.08. The van der Waals surface area contributed by atoms with E-state index in [1.54, 1.807) is 0 Å². The van der Waals surface area contributed by atoms with Gasteiger partial charge >= 0.3 is 0 Å². The summed E-state index contributed by atoms with van der Waals surface area (Å²) in [5.74, 6) is 0.532. The zero-order valence-corrected chi connectivity index (χ0v) is 11.7. The SMILES string of the molecule is CC(CN)C(C)N1CC(C)(C)OC(C)(C)C1. The van der Waals surface area contributed by atoms with Crippen LogP contribution in [0.5, 0.6) is 0 Å². The van der Waals surface area contributed by atoms with Gasteiger partial charge in [-0.2, -0.15) is 0 Å². The van der Waals surface area contributed by atoms with Gasteiger partial charge in [-0.3, -0.25) is 4.90 Å². The Balaban J connectivity index is 2.74. The summed E-state index contributed by atoms with van der Waals surface area (Å²) in [6.07, 6.45) is 0. The van der Waals surface area contributed by atoms with Gasteiger partial charge in [0.25, 0.3) is 0 Å². The van der Waals surface area contributed by atoms with Crippen LogP contribution < -0.4 is 5.73 Å². The summed E-state index contributed by atoms with van der Waals surface area (Å²) in [5.41, 5.74) is 5.63. The van der Waals surface area contributed by atoms with Crippen molar-refractivity contribution in [3.8, 4) is 0 Å². The smallest absolute Gasteiger partial charge is 0.0760 e. The van der Waals surface area contributed by atoms with E-state index in [9.17, 15) is 0 Å². The summed E-state index contributed by atoms with van der Waals surface area (Å²) in [6.45, 7) is 15.9. The third-order valence-electron chi connectivity index (χ3n) is 3.49. The van der Waals surface area contributed by atoms with E-state index in [1.165, 1.54) is 0 Å². The van der Waals surface area contributed by atoms with Gasteiger partial charge in [-0.25, -0.2) is 0 Å². The van der Waals surface area contributed by atoms with Crippen molar-refractivity contribution >= 4 is 0 Å². The molecular formula is C13H28N2O. The molecule has 1 rings (SSSR count). The fraction of sp³-hybridized carbons (Fsp3) is 1.00. The van der Waals surface area contributed by atoms with E-state index < -0.39 is 0 Å². The average molecular weight is 228 g/mol. The van der Waals surface area contributed by atoms with Crippen molar-refractivity contribution in [1.82, 2.24) is 4.90 Å². The molecule has 2 N–H and O–H groups in total. The maximum Gasteiger partial charge on any atom is 0.0760 e. The van der Waals surface area contributed by atoms with E-state index in [2.05, 4.69) is 46.4 Å². The van der Waals surface area contributed by atoms with Crippen molar-refractivity contribution in [2.24, 2.45) is 11.7 Å². The molecule has 16 heavy (non-hydrogen) atoms. The third kappa shape index (κ3) is 3.44. The molecule has 0 saturated carbocycles. The summed E-state index contributed by atoms with van der Waals surface area (Å²) in [6, 6.07) is 0.521. The monoisotopic (exact) mass is 228 g/mol. The summed E-state index contributed by atoms with van der Waals surface area (Å²) in [4.78, 5) is 2.51. The number of morpholine rings is 1. The molecule has 0 aromatic carbocycles. The molecule has 0 amide bonds. The summed E-state index contributed by atoms with van der Waals surface area (Å²) in [7, 11) is 0. The Kier molecular flexibility index (Phi) is 4.04. The number of rotatable bonds is 3. The van der Waals surface area contributed by atoms with Gasteiger partial charge in [0.1, 0.15) is 0 Å². The molecule has 1 aliphatic rings. The molecule has 0 bridgehead atoms. The van der Waals surface area contributed by atoms with Crippen molar-refractivity contribution in [2.75, 3.05) is 19.6 Å². The van der Waals surface area contributed by atoms with Gasteiger partial charge in [-0.05, 0) is 47.1 Å². The third-order valence-corrected chi connectivity index (χ3v) is 3.49. The van der Waals surface area contributed by atoms with E-state index in [0.717, 1.165) is 19.6 Å². The van der Waals surface area contributed by atoms with Crippen LogP contribution in [0.15, 0.2) is 0 Å². The second-order valence-electron chi connectivity index (χ2n) is 6.48. The van der Waals surface area contributed by atoms with Crippen molar-refractivity contribution in [2.45, 2.75) is 58.8 Å². The Bertz CT molecular complexity index is 222. The van der Waals surface area contributed by atoms with Crippen molar-refractivity contribution in [3.05, 3.63) is 0 Å². The highest BCUT2D eigenvalue weighted by molar-refractivity contribution is 4.92. The predicted octanol–water partition coefficient (Wildman–Crippen LogP) is 1.86. The van der Waals surface area contributed by atoms with Crippen LogP contribution in [0.4, 0.5) is 0 Å². The minimum absolute atomic E-state index is 0.0652. The highest BCUT2D eigenvalue weighted by Crippen LogP contribution is 2.30. The van der Waals surface area contributed by atoms with E-state index in [4.69, 9.17) is 10.5 Å². The zero-order chi connectivity index (χ0) is 12.6. The molecule has 1 fully saturated rings. The van der Waals surface area contributed by atoms with Crippen LogP contribution in [0.25, 0.3) is 0 Å². The lowest BCUT2D eigenvalue weighted by Crippen LogP contribution is -2.60. The van der Waals surface area contributed by atoms with Gasteiger partial charge in [0, 0.05) is 19.1 Å². The second kappa shape index (κ2) is 4.63. The lowest BCUT2D eigenvalue weighted by Gasteiger charge is -2.50. The van der Waals surface area contributed by atoms with Crippen LogP contribution in [-0.4, -0.2) is 41.8 Å². The first kappa shape index (κ1) is 13.9. The molecular weight excluding hydrogens is 200 g/mol. The van der Waals surface area contributed by atoms with Gasteiger partial charge in [0.15, 0.2) is 0 Å². The molecule has 1 saturated heterocycles. The Labute approximate surface area is 100 Å². The normalized spacial score (nSPS) is 28.7. The Hall–Kier alpha value is -0.120. The van der Waals surface area contributed by atoms with E-state index in [-0.39, 0.29) is 11.2 Å². The quantitative estimate of drug-likeness (QED) is 0.801. The lowest BCUT2D eigenvalue weighted by molar-refractivity contribution is -0.189. The number of hydrogen-bond donors (Lipinski definition) is 1. The maximum absolute atomic E-state index is 6.08. The topological polar surface area (TPSA) is 38.5 Å². The summed E-state index contributed by atoms with van der Waals surface area (Å²) in [5, 5.41) is 0. The van der Waals surface area contributed by atoms with Crippen LogP contribution in [-0.2, 0) is 4.74 Å². The van der Waals surface area contributed by atoms with E-state index in [0.29, 0.717) is 12.0 Å². The van der Waals surface area contributed by atoms with Gasteiger partial charge in [0.2, 0.25) is 0 Å². The summed E-state index contributed by atoms with van der Waals surface area (Å²) < 4.78 is 6.08. The molecule has 3 nitrogen and oxygen atoms in total. The molecule has 1 heterocycles. The molecule has 0 aliphatic carbocycles. The molecule has 0 aromatic rings. The fourth-order valence-corrected chi connectivity index (χ4v) is 2.69. The van der Waals surface area contributed by atoms with Crippen LogP contribution in [0.2, 0.25) is 0 Å². The minimum Gasteiger partial charge on any atom is -0.367 e. The molecule has 0 aromatic heterocycles. The predicted molar refractivity (Wildman–Crippen MR) is 68.5 cm³/mol. The minimum atomic E-state index is -0.0652. The molecule has 3 heteroatoms. The first-order valence-electron chi connectivity index (χ1n) is 6.31. The standard InChI is InChI=1S/C13H28N2O/c1-10(7-14)11(2)15-8-12(3,4)16-13(5,6)9-15/h10-11H,7-9,14H2,1-6H3. The van der Waals surface area contributed by atoms with Gasteiger partial charge in [-0.15, -0.1) is 0 Å². The van der Waals surface area contributed by atoms with Gasteiger partial charge in [0.05, 0.1) is 11.2 Å². The number of nitrogens with two attached hydrogens (primary N) is 1. The second-order valence-corrected chi connectivity index (χ2v) is 6.48. The molecule has 1 aliphatic heterocycles. The number of nitrogens with zero attached hydrogens (tertiary/aromatic N) is 1. The first-order chi connectivity index (χ1) is 7.17. The van der Waals surface area contributed by atoms with Gasteiger partial charge in [-0.1, -0.05) is 6.92 Å². The summed E-state index contributed by atoms with van der Waals surface area (Å²) >= 11 is 0. The van der Waals surface area contributed by atoms with Crippen LogP contribution >= 0.6 is 0 Å². The van der Waals surface area contributed by atoms with Crippen LogP contribution in [0, 0.1) is 5.92 Å². The molecule has 96 valence electrons. The first-order valence-corrected chi connectivity index (χ1v) is 6.31. The van der Waals surface area contributed by atoms with E-state index >= 15 is 0 Å². The number of hydrogen-bond acceptors (Lipinski definition) is 3. The fourth-order valence-electron chi connectivity index (χ4n) is 2.69. The van der Waals surface area contributed by atoms with E-state index in [1.807, 2.05) is 0 Å². The highest BCUT2D eigenvalue weighted by Gasteiger charge is 2.40.